The largest absolute Gasteiger partial charge is 0.423 e. The van der Waals surface area contributed by atoms with Crippen molar-refractivity contribution in [1.29, 1.82) is 0 Å². The summed E-state index contributed by atoms with van der Waals surface area (Å²) in [5, 5.41) is 3.19. The fourth-order valence-corrected chi connectivity index (χ4v) is 5.09. The lowest BCUT2D eigenvalue weighted by atomic mass is 9.97. The molecule has 0 radical (unpaired) electrons. The number of ether oxygens (including phenoxy) is 1. The van der Waals surface area contributed by atoms with Crippen molar-refractivity contribution < 1.29 is 9.53 Å². The molecule has 1 atom stereocenters. The summed E-state index contributed by atoms with van der Waals surface area (Å²) in [4.78, 5) is 15.5. The predicted molar refractivity (Wildman–Crippen MR) is 134 cm³/mol. The first-order chi connectivity index (χ1) is 14.5. The van der Waals surface area contributed by atoms with Crippen molar-refractivity contribution >= 4 is 52.2 Å². The van der Waals surface area contributed by atoms with Crippen molar-refractivity contribution in [1.82, 2.24) is 0 Å². The maximum atomic E-state index is 13.3. The van der Waals surface area contributed by atoms with Crippen LogP contribution in [0, 0.1) is 6.92 Å². The summed E-state index contributed by atoms with van der Waals surface area (Å²) < 4.78 is 6.73. The highest BCUT2D eigenvalue weighted by molar-refractivity contribution is 9.10. The summed E-state index contributed by atoms with van der Waals surface area (Å²) in [7, 11) is 0.440. The maximum absolute atomic E-state index is 13.3. The number of fused-ring (bicyclic) bond motifs is 1. The van der Waals surface area contributed by atoms with E-state index in [4.69, 9.17) is 4.74 Å². The van der Waals surface area contributed by atoms with Crippen LogP contribution in [0.3, 0.4) is 0 Å². The van der Waals surface area contributed by atoms with Crippen LogP contribution in [0.25, 0.3) is 10.8 Å². The number of halogens is 1. The molecule has 0 fully saturated rings. The third-order valence-electron chi connectivity index (χ3n) is 4.91. The number of carbonyl (C=O) groups excluding carboxylic acids is 1. The molecule has 0 heterocycles. The van der Waals surface area contributed by atoms with E-state index in [0.29, 0.717) is 33.0 Å². The monoisotopic (exact) mass is 481 g/mol. The number of nitrogens with zero attached hydrogens (tertiary/aromatic N) is 1. The van der Waals surface area contributed by atoms with E-state index < -0.39 is 0 Å². The number of hydrogen-bond acceptors (Lipinski definition) is 3. The average Bonchev–Trinajstić information content (AvgIpc) is 2.73. The van der Waals surface area contributed by atoms with Gasteiger partial charge in [-0.3, -0.25) is 0 Å². The molecule has 0 N–H and O–H groups in total. The lowest BCUT2D eigenvalue weighted by Gasteiger charge is -2.28. The molecule has 1 unspecified atom stereocenters. The molecule has 0 aromatic heterocycles. The Morgan fingerprint density at radius 3 is 2.37 bits per heavy atom. The van der Waals surface area contributed by atoms with E-state index in [-0.39, 0.29) is 5.97 Å². The summed E-state index contributed by atoms with van der Waals surface area (Å²) >= 11 is 3.59. The summed E-state index contributed by atoms with van der Waals surface area (Å²) in [6.07, 6.45) is 3.73. The van der Waals surface area contributed by atoms with Crippen LogP contribution in [-0.4, -0.2) is 25.7 Å². The smallest absolute Gasteiger partial charge is 0.344 e. The Hall–Kier alpha value is -2.42. The van der Waals surface area contributed by atoms with Crippen molar-refractivity contribution in [3.05, 3.63) is 89.4 Å². The third kappa shape index (κ3) is 4.50. The van der Waals surface area contributed by atoms with Gasteiger partial charge in [0.1, 0.15) is 5.75 Å². The Kier molecular flexibility index (Phi) is 7.47. The second-order valence-corrected chi connectivity index (χ2v) is 8.76. The number of rotatable bonds is 8. The second-order valence-electron chi connectivity index (χ2n) is 6.85. The molecule has 0 spiro atoms. The maximum Gasteiger partial charge on any atom is 0.344 e. The van der Waals surface area contributed by atoms with Gasteiger partial charge in [0, 0.05) is 28.6 Å². The van der Waals surface area contributed by atoms with Gasteiger partial charge < -0.3 is 9.64 Å². The number of esters is 1. The van der Waals surface area contributed by atoms with Crippen molar-refractivity contribution in [2.75, 3.05) is 24.7 Å². The molecule has 3 aromatic carbocycles. The van der Waals surface area contributed by atoms with Gasteiger partial charge in [0.05, 0.1) is 5.56 Å². The van der Waals surface area contributed by atoms with Crippen molar-refractivity contribution in [2.45, 2.75) is 6.92 Å². The standard InChI is InChI=1S/C25H25BrNO2P/c1-5-14-27(15-6-2)23-17(3)22(25(28)29-19-10-8-7-9-11-19)24(30-4)21-16-18(26)12-13-20(21)23/h5-13,16,30H,1-2,14-15H2,3-4H3. The third-order valence-corrected chi connectivity index (χ3v) is 6.42. The predicted octanol–water partition coefficient (Wildman–Crippen LogP) is 6.24. The van der Waals surface area contributed by atoms with Crippen LogP contribution < -0.4 is 14.9 Å². The molecule has 0 aliphatic rings. The van der Waals surface area contributed by atoms with Gasteiger partial charge >= 0.3 is 5.97 Å². The van der Waals surface area contributed by atoms with Gasteiger partial charge in [-0.2, -0.15) is 0 Å². The molecule has 0 aliphatic heterocycles. The normalized spacial score (nSPS) is 11.0. The fourth-order valence-electron chi connectivity index (χ4n) is 3.71. The summed E-state index contributed by atoms with van der Waals surface area (Å²) in [5.74, 6) is 0.209. The molecular weight excluding hydrogens is 457 g/mol. The SMILES string of the molecule is C=CCN(CC=C)c1c(C)c(C(=O)Oc2ccccc2)c(PC)c2cc(Br)ccc12. The summed E-state index contributed by atoms with van der Waals surface area (Å²) in [6.45, 7) is 13.2. The molecule has 0 saturated heterocycles. The quantitative estimate of drug-likeness (QED) is 0.165. The minimum atomic E-state index is -0.330. The first kappa shape index (κ1) is 22.3. The van der Waals surface area contributed by atoms with Crippen LogP contribution in [-0.2, 0) is 0 Å². The summed E-state index contributed by atoms with van der Waals surface area (Å²) in [5.41, 5.74) is 2.57. The highest BCUT2D eigenvalue weighted by Crippen LogP contribution is 2.36. The van der Waals surface area contributed by atoms with Crippen LogP contribution in [0.1, 0.15) is 15.9 Å². The van der Waals surface area contributed by atoms with Crippen LogP contribution >= 0.6 is 24.5 Å². The Morgan fingerprint density at radius 2 is 1.77 bits per heavy atom. The van der Waals surface area contributed by atoms with Crippen molar-refractivity contribution in [3.63, 3.8) is 0 Å². The Morgan fingerprint density at radius 1 is 1.10 bits per heavy atom. The molecule has 3 aromatic rings. The highest BCUT2D eigenvalue weighted by Gasteiger charge is 2.25. The molecular formula is C25H25BrNO2P. The van der Waals surface area contributed by atoms with Gasteiger partial charge in [0.2, 0.25) is 0 Å². The molecule has 0 amide bonds. The Bertz CT molecular complexity index is 1090. The van der Waals surface area contributed by atoms with Crippen LogP contribution in [0.4, 0.5) is 5.69 Å². The zero-order valence-corrected chi connectivity index (χ0v) is 19.8. The fraction of sp³-hybridized carbons (Fsp3) is 0.160. The van der Waals surface area contributed by atoms with Gasteiger partial charge in [0.15, 0.2) is 0 Å². The molecule has 0 saturated carbocycles. The van der Waals surface area contributed by atoms with Gasteiger partial charge in [0.25, 0.3) is 0 Å². The first-order valence-electron chi connectivity index (χ1n) is 9.69. The van der Waals surface area contributed by atoms with Crippen LogP contribution in [0.2, 0.25) is 0 Å². The van der Waals surface area contributed by atoms with Gasteiger partial charge in [-0.05, 0) is 54.1 Å². The highest BCUT2D eigenvalue weighted by atomic mass is 79.9. The van der Waals surface area contributed by atoms with E-state index in [2.05, 4.69) is 52.8 Å². The topological polar surface area (TPSA) is 29.5 Å². The van der Waals surface area contributed by atoms with E-state index in [1.54, 1.807) is 12.1 Å². The molecule has 3 nitrogen and oxygen atoms in total. The molecule has 154 valence electrons. The van der Waals surface area contributed by atoms with E-state index in [1.807, 2.05) is 43.3 Å². The van der Waals surface area contributed by atoms with E-state index in [0.717, 1.165) is 31.8 Å². The number of benzene rings is 3. The zero-order valence-electron chi connectivity index (χ0n) is 17.2. The molecule has 3 rings (SSSR count). The number of hydrogen-bond donors (Lipinski definition) is 0. The Balaban J connectivity index is 2.29. The second kappa shape index (κ2) is 10.1. The Labute approximate surface area is 188 Å². The van der Waals surface area contributed by atoms with E-state index in [1.165, 1.54) is 0 Å². The zero-order chi connectivity index (χ0) is 21.7. The minimum Gasteiger partial charge on any atom is -0.423 e. The summed E-state index contributed by atoms with van der Waals surface area (Å²) in [6, 6.07) is 15.4. The molecule has 0 aliphatic carbocycles. The van der Waals surface area contributed by atoms with Crippen LogP contribution in [0.15, 0.2) is 78.3 Å². The minimum absolute atomic E-state index is 0.330. The lowest BCUT2D eigenvalue weighted by Crippen LogP contribution is -2.28. The molecule has 5 heteroatoms. The van der Waals surface area contributed by atoms with Crippen molar-refractivity contribution in [2.24, 2.45) is 0 Å². The number of carbonyl (C=O) groups is 1. The lowest BCUT2D eigenvalue weighted by molar-refractivity contribution is 0.0735. The van der Waals surface area contributed by atoms with E-state index in [9.17, 15) is 4.79 Å². The van der Waals surface area contributed by atoms with Crippen molar-refractivity contribution in [3.8, 4) is 5.75 Å². The number of anilines is 1. The number of para-hydroxylation sites is 1. The van der Waals surface area contributed by atoms with E-state index >= 15 is 0 Å². The first-order valence-corrected chi connectivity index (χ1v) is 12.0. The molecule has 30 heavy (non-hydrogen) atoms. The average molecular weight is 482 g/mol. The van der Waals surface area contributed by atoms with Crippen LogP contribution in [0.5, 0.6) is 5.75 Å². The molecule has 0 bridgehead atoms. The van der Waals surface area contributed by atoms with Gasteiger partial charge in [-0.25, -0.2) is 4.79 Å². The van der Waals surface area contributed by atoms with Gasteiger partial charge in [-0.1, -0.05) is 60.9 Å². The van der Waals surface area contributed by atoms with Gasteiger partial charge in [-0.15, -0.1) is 13.2 Å².